The van der Waals surface area contributed by atoms with Gasteiger partial charge >= 0.3 is 0 Å². The molecule has 1 aromatic rings. The molecule has 0 aromatic heterocycles. The minimum Gasteiger partial charge on any atom is -0.380 e. The predicted octanol–water partition coefficient (Wildman–Crippen LogP) is 3.19. The van der Waals surface area contributed by atoms with E-state index in [9.17, 15) is 0 Å². The Morgan fingerprint density at radius 1 is 1.33 bits per heavy atom. The Morgan fingerprint density at radius 2 is 2.17 bits per heavy atom. The summed E-state index contributed by atoms with van der Waals surface area (Å²) in [6, 6.07) is 9.98. The molecule has 2 nitrogen and oxygen atoms in total. The number of anilines is 1. The Balaban J connectivity index is 1.49. The van der Waals surface area contributed by atoms with Crippen molar-refractivity contribution >= 4 is 5.69 Å². The van der Waals surface area contributed by atoms with Crippen LogP contribution in [0.15, 0.2) is 24.3 Å². The highest BCUT2D eigenvalue weighted by Crippen LogP contribution is 2.37. The number of benzene rings is 1. The first kappa shape index (κ1) is 12.0. The van der Waals surface area contributed by atoms with Gasteiger partial charge in [-0.3, -0.25) is 0 Å². The molecule has 18 heavy (non-hydrogen) atoms. The van der Waals surface area contributed by atoms with Crippen LogP contribution in [-0.4, -0.2) is 18.6 Å². The monoisotopic (exact) mass is 244 g/mol. The standard InChI is InChI=1S/C16H24N2/c1-16(2)8-7-13(10-16)17-11-14-9-12-5-3-4-6-15(12)18-14/h3-6,13-14,17-18H,7-11H2,1-2H3. The van der Waals surface area contributed by atoms with Gasteiger partial charge < -0.3 is 10.6 Å². The topological polar surface area (TPSA) is 24.1 Å². The summed E-state index contributed by atoms with van der Waals surface area (Å²) in [6.45, 7) is 5.87. The highest BCUT2D eigenvalue weighted by molar-refractivity contribution is 5.56. The van der Waals surface area contributed by atoms with Crippen molar-refractivity contribution in [2.45, 2.75) is 51.6 Å². The van der Waals surface area contributed by atoms with Crippen LogP contribution in [0.5, 0.6) is 0 Å². The largest absolute Gasteiger partial charge is 0.380 e. The smallest absolute Gasteiger partial charge is 0.0427 e. The molecule has 1 aromatic carbocycles. The molecular formula is C16H24N2. The van der Waals surface area contributed by atoms with E-state index in [4.69, 9.17) is 0 Å². The molecule has 98 valence electrons. The Morgan fingerprint density at radius 3 is 2.89 bits per heavy atom. The average molecular weight is 244 g/mol. The summed E-state index contributed by atoms with van der Waals surface area (Å²) in [4.78, 5) is 0. The second-order valence-corrected chi connectivity index (χ2v) is 6.71. The van der Waals surface area contributed by atoms with E-state index in [1.807, 2.05) is 0 Å². The van der Waals surface area contributed by atoms with E-state index < -0.39 is 0 Å². The van der Waals surface area contributed by atoms with Crippen molar-refractivity contribution in [1.82, 2.24) is 5.32 Å². The lowest BCUT2D eigenvalue weighted by molar-refractivity contribution is 0.363. The lowest BCUT2D eigenvalue weighted by atomic mass is 9.92. The number of nitrogens with one attached hydrogen (secondary N) is 2. The van der Waals surface area contributed by atoms with Crippen molar-refractivity contribution in [3.63, 3.8) is 0 Å². The molecule has 1 aliphatic heterocycles. The Hall–Kier alpha value is -1.02. The second kappa shape index (κ2) is 4.58. The van der Waals surface area contributed by atoms with Gasteiger partial charge in [0.05, 0.1) is 0 Å². The fraction of sp³-hybridized carbons (Fsp3) is 0.625. The van der Waals surface area contributed by atoms with Gasteiger partial charge in [-0.25, -0.2) is 0 Å². The van der Waals surface area contributed by atoms with E-state index in [0.29, 0.717) is 11.5 Å². The second-order valence-electron chi connectivity index (χ2n) is 6.71. The molecule has 1 aliphatic carbocycles. The van der Waals surface area contributed by atoms with Crippen LogP contribution in [0.2, 0.25) is 0 Å². The van der Waals surface area contributed by atoms with Crippen LogP contribution in [0.25, 0.3) is 0 Å². The van der Waals surface area contributed by atoms with Gasteiger partial charge in [-0.2, -0.15) is 0 Å². The van der Waals surface area contributed by atoms with Gasteiger partial charge in [-0.15, -0.1) is 0 Å². The van der Waals surface area contributed by atoms with Crippen LogP contribution in [0.3, 0.4) is 0 Å². The quantitative estimate of drug-likeness (QED) is 0.853. The molecule has 2 unspecified atom stereocenters. The van der Waals surface area contributed by atoms with E-state index >= 15 is 0 Å². The minimum atomic E-state index is 0.545. The van der Waals surface area contributed by atoms with Crippen molar-refractivity contribution in [3.8, 4) is 0 Å². The summed E-state index contributed by atoms with van der Waals surface area (Å²) < 4.78 is 0. The predicted molar refractivity (Wildman–Crippen MR) is 77.0 cm³/mol. The molecule has 0 saturated heterocycles. The molecule has 2 aliphatic rings. The Labute approximate surface area is 110 Å². The van der Waals surface area contributed by atoms with Crippen LogP contribution in [0.4, 0.5) is 5.69 Å². The summed E-state index contributed by atoms with van der Waals surface area (Å²) in [5.41, 5.74) is 3.34. The molecule has 0 spiro atoms. The zero-order valence-electron chi connectivity index (χ0n) is 11.5. The molecule has 2 atom stereocenters. The summed E-state index contributed by atoms with van der Waals surface area (Å²) in [5, 5.41) is 7.37. The first-order valence-corrected chi connectivity index (χ1v) is 7.20. The van der Waals surface area contributed by atoms with E-state index in [1.54, 1.807) is 0 Å². The molecule has 1 saturated carbocycles. The van der Waals surface area contributed by atoms with Gasteiger partial charge in [0, 0.05) is 24.3 Å². The molecule has 2 N–H and O–H groups in total. The first-order chi connectivity index (χ1) is 8.62. The number of para-hydroxylation sites is 1. The highest BCUT2D eigenvalue weighted by atomic mass is 15.0. The van der Waals surface area contributed by atoms with Crippen LogP contribution < -0.4 is 10.6 Å². The van der Waals surface area contributed by atoms with Gasteiger partial charge in [0.2, 0.25) is 0 Å². The molecule has 0 radical (unpaired) electrons. The van der Waals surface area contributed by atoms with Gasteiger partial charge in [-0.1, -0.05) is 32.0 Å². The fourth-order valence-electron chi connectivity index (χ4n) is 3.42. The Kier molecular flexibility index (Phi) is 3.06. The first-order valence-electron chi connectivity index (χ1n) is 7.20. The molecule has 1 heterocycles. The van der Waals surface area contributed by atoms with Gasteiger partial charge in [0.15, 0.2) is 0 Å². The number of fused-ring (bicyclic) bond motifs is 1. The molecule has 0 amide bonds. The van der Waals surface area contributed by atoms with Crippen molar-refractivity contribution < 1.29 is 0 Å². The van der Waals surface area contributed by atoms with Crippen molar-refractivity contribution in [3.05, 3.63) is 29.8 Å². The average Bonchev–Trinajstić information content (AvgIpc) is 2.89. The molecule has 1 fully saturated rings. The van der Waals surface area contributed by atoms with Crippen LogP contribution in [-0.2, 0) is 6.42 Å². The zero-order chi connectivity index (χ0) is 12.6. The molecule has 0 bridgehead atoms. The maximum Gasteiger partial charge on any atom is 0.0427 e. The third-order valence-electron chi connectivity index (χ3n) is 4.46. The third kappa shape index (κ3) is 2.54. The fourth-order valence-corrected chi connectivity index (χ4v) is 3.42. The minimum absolute atomic E-state index is 0.545. The lowest BCUT2D eigenvalue weighted by Gasteiger charge is -2.20. The van der Waals surface area contributed by atoms with Gasteiger partial charge in [0.1, 0.15) is 0 Å². The summed E-state index contributed by atoms with van der Waals surface area (Å²) in [7, 11) is 0. The van der Waals surface area contributed by atoms with E-state index in [0.717, 1.165) is 12.6 Å². The maximum absolute atomic E-state index is 3.75. The maximum atomic E-state index is 3.75. The molecular weight excluding hydrogens is 220 g/mol. The summed E-state index contributed by atoms with van der Waals surface area (Å²) in [5.74, 6) is 0. The number of hydrogen-bond acceptors (Lipinski definition) is 2. The SMILES string of the molecule is CC1(C)CCC(NCC2Cc3ccccc3N2)C1. The van der Waals surface area contributed by atoms with E-state index in [-0.39, 0.29) is 0 Å². The summed E-state index contributed by atoms with van der Waals surface area (Å²) in [6.07, 6.45) is 5.20. The van der Waals surface area contributed by atoms with Crippen molar-refractivity contribution in [2.75, 3.05) is 11.9 Å². The van der Waals surface area contributed by atoms with E-state index in [2.05, 4.69) is 48.7 Å². The van der Waals surface area contributed by atoms with Crippen LogP contribution >= 0.6 is 0 Å². The van der Waals surface area contributed by atoms with E-state index in [1.165, 1.54) is 36.9 Å². The molecule has 3 rings (SSSR count). The molecule has 2 heteroatoms. The highest BCUT2D eigenvalue weighted by Gasteiger charge is 2.31. The number of hydrogen-bond donors (Lipinski definition) is 2. The third-order valence-corrected chi connectivity index (χ3v) is 4.46. The van der Waals surface area contributed by atoms with Crippen LogP contribution in [0, 0.1) is 5.41 Å². The van der Waals surface area contributed by atoms with Gasteiger partial charge in [0.25, 0.3) is 0 Å². The number of rotatable bonds is 3. The van der Waals surface area contributed by atoms with Crippen molar-refractivity contribution in [2.24, 2.45) is 5.41 Å². The van der Waals surface area contributed by atoms with Gasteiger partial charge in [-0.05, 0) is 42.7 Å². The van der Waals surface area contributed by atoms with Crippen LogP contribution in [0.1, 0.15) is 38.7 Å². The normalized spacial score (nSPS) is 29.0. The van der Waals surface area contributed by atoms with Crippen molar-refractivity contribution in [1.29, 1.82) is 0 Å². The summed E-state index contributed by atoms with van der Waals surface area (Å²) >= 11 is 0. The Bertz CT molecular complexity index is 400. The lowest BCUT2D eigenvalue weighted by Crippen LogP contribution is -2.37. The zero-order valence-corrected chi connectivity index (χ0v) is 11.5.